The topological polar surface area (TPSA) is 26.0 Å². The highest BCUT2D eigenvalue weighted by molar-refractivity contribution is 6.30. The van der Waals surface area contributed by atoms with Crippen molar-refractivity contribution in [1.29, 1.82) is 0 Å². The second-order valence-corrected chi connectivity index (χ2v) is 5.65. The van der Waals surface area contributed by atoms with Crippen LogP contribution in [0.1, 0.15) is 43.7 Å². The third-order valence-electron chi connectivity index (χ3n) is 3.63. The maximum Gasteiger partial charge on any atom is 0.248 e. The molecule has 1 saturated carbocycles. The Bertz CT molecular complexity index is 391. The third-order valence-corrected chi connectivity index (χ3v) is 3.88. The minimum Gasteiger partial charge on any atom is -0.324 e. The first kappa shape index (κ1) is 13.8. The average Bonchev–Trinajstić information content (AvgIpc) is 2.28. The van der Waals surface area contributed by atoms with Gasteiger partial charge in [0.05, 0.1) is 0 Å². The molecule has 1 fully saturated rings. The summed E-state index contributed by atoms with van der Waals surface area (Å²) in [6, 6.07) is 7.13. The molecule has 1 aromatic rings. The summed E-state index contributed by atoms with van der Waals surface area (Å²) >= 11 is 5.81. The largest absolute Gasteiger partial charge is 0.324 e. The van der Waals surface area contributed by atoms with Gasteiger partial charge in [-0.1, -0.05) is 23.7 Å². The van der Waals surface area contributed by atoms with E-state index in [0.29, 0.717) is 17.9 Å². The van der Waals surface area contributed by atoms with Crippen molar-refractivity contribution < 1.29 is 8.78 Å². The van der Waals surface area contributed by atoms with E-state index < -0.39 is 5.92 Å². The first-order valence-electron chi connectivity index (χ1n) is 6.35. The van der Waals surface area contributed by atoms with E-state index in [-0.39, 0.29) is 24.8 Å². The maximum atomic E-state index is 13.3. The molecule has 1 nitrogen and oxygen atoms in total. The van der Waals surface area contributed by atoms with Gasteiger partial charge in [-0.2, -0.15) is 0 Å². The Labute approximate surface area is 111 Å². The van der Waals surface area contributed by atoms with Crippen LogP contribution in [0.5, 0.6) is 0 Å². The van der Waals surface area contributed by atoms with Gasteiger partial charge in [0, 0.05) is 23.9 Å². The van der Waals surface area contributed by atoms with Gasteiger partial charge in [-0.05, 0) is 42.9 Å². The van der Waals surface area contributed by atoms with Gasteiger partial charge in [0.1, 0.15) is 0 Å². The predicted molar refractivity (Wildman–Crippen MR) is 69.9 cm³/mol. The first-order valence-corrected chi connectivity index (χ1v) is 6.73. The summed E-state index contributed by atoms with van der Waals surface area (Å²) in [4.78, 5) is 0. The summed E-state index contributed by atoms with van der Waals surface area (Å²) in [5.41, 5.74) is 7.04. The fourth-order valence-electron chi connectivity index (χ4n) is 2.68. The van der Waals surface area contributed by atoms with Crippen molar-refractivity contribution in [2.45, 2.75) is 44.1 Å². The molecule has 1 aliphatic rings. The number of benzene rings is 1. The van der Waals surface area contributed by atoms with Crippen LogP contribution in [0.3, 0.4) is 0 Å². The highest BCUT2D eigenvalue weighted by atomic mass is 35.5. The summed E-state index contributed by atoms with van der Waals surface area (Å²) in [6.45, 7) is 0. The van der Waals surface area contributed by atoms with Gasteiger partial charge in [0.25, 0.3) is 0 Å². The highest BCUT2D eigenvalue weighted by Gasteiger charge is 2.36. The van der Waals surface area contributed by atoms with Crippen LogP contribution < -0.4 is 5.73 Å². The predicted octanol–water partition coefficient (Wildman–Crippen LogP) is 4.56. The van der Waals surface area contributed by atoms with E-state index in [1.165, 1.54) is 0 Å². The second-order valence-electron chi connectivity index (χ2n) is 5.21. The van der Waals surface area contributed by atoms with E-state index in [1.807, 2.05) is 12.1 Å². The monoisotopic (exact) mass is 273 g/mol. The lowest BCUT2D eigenvalue weighted by Crippen LogP contribution is -2.28. The Morgan fingerprint density at radius 2 is 2.00 bits per heavy atom. The fraction of sp³-hybridized carbons (Fsp3) is 0.571. The van der Waals surface area contributed by atoms with Crippen molar-refractivity contribution in [3.63, 3.8) is 0 Å². The van der Waals surface area contributed by atoms with Gasteiger partial charge >= 0.3 is 0 Å². The van der Waals surface area contributed by atoms with Crippen LogP contribution in [0.2, 0.25) is 5.02 Å². The molecule has 0 amide bonds. The van der Waals surface area contributed by atoms with Crippen molar-refractivity contribution in [2.75, 3.05) is 0 Å². The van der Waals surface area contributed by atoms with Crippen molar-refractivity contribution in [3.8, 4) is 0 Å². The molecular formula is C14H18ClF2N. The Morgan fingerprint density at radius 1 is 1.33 bits per heavy atom. The maximum absolute atomic E-state index is 13.3. The van der Waals surface area contributed by atoms with Crippen LogP contribution >= 0.6 is 11.6 Å². The summed E-state index contributed by atoms with van der Waals surface area (Å²) in [6.07, 6.45) is 2.09. The lowest BCUT2D eigenvalue weighted by molar-refractivity contribution is -0.0543. The van der Waals surface area contributed by atoms with Gasteiger partial charge < -0.3 is 5.73 Å². The minimum absolute atomic E-state index is 0.0196. The number of nitrogens with two attached hydrogens (primary N) is 1. The molecule has 2 N–H and O–H groups in total. The van der Waals surface area contributed by atoms with E-state index >= 15 is 0 Å². The van der Waals surface area contributed by atoms with Crippen LogP contribution in [0, 0.1) is 5.92 Å². The number of hydrogen-bond acceptors (Lipinski definition) is 1. The summed E-state index contributed by atoms with van der Waals surface area (Å²) in [5.74, 6) is -2.47. The van der Waals surface area contributed by atoms with Crippen LogP contribution in [0.25, 0.3) is 0 Å². The Kier molecular flexibility index (Phi) is 4.23. The van der Waals surface area contributed by atoms with E-state index in [9.17, 15) is 8.78 Å². The molecule has 2 atom stereocenters. The molecule has 0 heterocycles. The standard InChI is InChI=1S/C14H18ClF2N/c15-12-5-3-11(4-6-12)13(18)8-10-2-1-7-14(16,17)9-10/h3-6,10,13H,1-2,7-9,18H2. The molecule has 1 aromatic carbocycles. The van der Waals surface area contributed by atoms with Crippen LogP contribution in [-0.4, -0.2) is 5.92 Å². The molecule has 4 heteroatoms. The van der Waals surface area contributed by atoms with E-state index in [1.54, 1.807) is 12.1 Å². The van der Waals surface area contributed by atoms with E-state index in [2.05, 4.69) is 0 Å². The average molecular weight is 274 g/mol. The normalized spacial score (nSPS) is 24.8. The molecular weight excluding hydrogens is 256 g/mol. The van der Waals surface area contributed by atoms with Gasteiger partial charge in [-0.25, -0.2) is 8.78 Å². The summed E-state index contributed by atoms with van der Waals surface area (Å²) in [5, 5.41) is 0.662. The van der Waals surface area contributed by atoms with E-state index in [4.69, 9.17) is 17.3 Å². The molecule has 18 heavy (non-hydrogen) atoms. The smallest absolute Gasteiger partial charge is 0.248 e. The number of alkyl halides is 2. The number of rotatable bonds is 3. The zero-order chi connectivity index (χ0) is 13.2. The number of hydrogen-bond donors (Lipinski definition) is 1. The van der Waals surface area contributed by atoms with Crippen molar-refractivity contribution in [1.82, 2.24) is 0 Å². The highest BCUT2D eigenvalue weighted by Crippen LogP contribution is 2.39. The molecule has 0 radical (unpaired) electrons. The number of halogens is 3. The molecule has 0 aromatic heterocycles. The van der Waals surface area contributed by atoms with Crippen molar-refractivity contribution in [2.24, 2.45) is 11.7 Å². The molecule has 2 rings (SSSR count). The second kappa shape index (κ2) is 5.54. The zero-order valence-corrected chi connectivity index (χ0v) is 11.0. The molecule has 2 unspecified atom stereocenters. The van der Waals surface area contributed by atoms with Gasteiger partial charge in [-0.3, -0.25) is 0 Å². The molecule has 0 bridgehead atoms. The molecule has 0 spiro atoms. The van der Waals surface area contributed by atoms with Gasteiger partial charge in [0.2, 0.25) is 5.92 Å². The quantitative estimate of drug-likeness (QED) is 0.859. The lowest BCUT2D eigenvalue weighted by Gasteiger charge is -2.30. The van der Waals surface area contributed by atoms with Crippen LogP contribution in [0.4, 0.5) is 8.78 Å². The Balaban J connectivity index is 1.94. The third kappa shape index (κ3) is 3.66. The SMILES string of the molecule is NC(CC1CCCC(F)(F)C1)c1ccc(Cl)cc1. The zero-order valence-electron chi connectivity index (χ0n) is 10.2. The molecule has 1 aliphatic carbocycles. The summed E-state index contributed by atoms with van der Waals surface area (Å²) in [7, 11) is 0. The fourth-order valence-corrected chi connectivity index (χ4v) is 2.81. The summed E-state index contributed by atoms with van der Waals surface area (Å²) < 4.78 is 26.6. The Morgan fingerprint density at radius 3 is 2.61 bits per heavy atom. The van der Waals surface area contributed by atoms with Crippen LogP contribution in [-0.2, 0) is 0 Å². The van der Waals surface area contributed by atoms with Crippen molar-refractivity contribution >= 4 is 11.6 Å². The van der Waals surface area contributed by atoms with Crippen molar-refractivity contribution in [3.05, 3.63) is 34.9 Å². The van der Waals surface area contributed by atoms with E-state index in [0.717, 1.165) is 12.0 Å². The van der Waals surface area contributed by atoms with Gasteiger partial charge in [0.15, 0.2) is 0 Å². The molecule has 0 aliphatic heterocycles. The molecule has 100 valence electrons. The minimum atomic E-state index is -2.50. The van der Waals surface area contributed by atoms with Crippen LogP contribution in [0.15, 0.2) is 24.3 Å². The molecule has 0 saturated heterocycles. The Hall–Kier alpha value is -0.670. The van der Waals surface area contributed by atoms with Gasteiger partial charge in [-0.15, -0.1) is 0 Å². The first-order chi connectivity index (χ1) is 8.46. The lowest BCUT2D eigenvalue weighted by atomic mass is 9.81.